The third kappa shape index (κ3) is 6.61. The number of carbonyl (C=O) groups excluding carboxylic acids is 2. The van der Waals surface area contributed by atoms with Crippen LogP contribution in [-0.2, 0) is 22.6 Å². The van der Waals surface area contributed by atoms with Crippen LogP contribution in [0.5, 0.6) is 5.75 Å². The average molecular weight is 544 g/mol. The maximum atomic E-state index is 13.3. The van der Waals surface area contributed by atoms with Gasteiger partial charge in [0.25, 0.3) is 5.91 Å². The number of rotatable bonds is 9. The van der Waals surface area contributed by atoms with Gasteiger partial charge in [0.2, 0.25) is 0 Å². The van der Waals surface area contributed by atoms with Gasteiger partial charge in [-0.3, -0.25) is 4.79 Å². The number of nitrogens with one attached hydrogen (secondary N) is 1. The van der Waals surface area contributed by atoms with Gasteiger partial charge in [0.15, 0.2) is 0 Å². The van der Waals surface area contributed by atoms with Crippen molar-refractivity contribution in [1.82, 2.24) is 5.32 Å². The molecule has 0 fully saturated rings. The van der Waals surface area contributed by atoms with E-state index in [1.54, 1.807) is 12.1 Å². The molecular weight excluding hydrogens is 518 g/mol. The summed E-state index contributed by atoms with van der Waals surface area (Å²) in [6.45, 7) is 0.316. The first-order valence-corrected chi connectivity index (χ1v) is 12.3. The first-order valence-electron chi connectivity index (χ1n) is 11.5. The molecule has 0 bridgehead atoms. The Morgan fingerprint density at radius 1 is 0.806 bits per heavy atom. The van der Waals surface area contributed by atoms with Crippen molar-refractivity contribution in [3.8, 4) is 16.9 Å². The summed E-state index contributed by atoms with van der Waals surface area (Å²) in [6.07, 6.45) is 0.293. The fraction of sp³-hybridized carbons (Fsp3) is 0.133. The molecule has 0 saturated heterocycles. The number of amides is 1. The molecule has 182 valence electrons. The van der Waals surface area contributed by atoms with Gasteiger partial charge in [-0.25, -0.2) is 4.79 Å². The van der Waals surface area contributed by atoms with Crippen LogP contribution < -0.4 is 10.1 Å². The van der Waals surface area contributed by atoms with Crippen molar-refractivity contribution in [1.29, 1.82) is 0 Å². The maximum absolute atomic E-state index is 13.3. The second kappa shape index (κ2) is 12.2. The highest BCUT2D eigenvalue weighted by Crippen LogP contribution is 2.25. The summed E-state index contributed by atoms with van der Waals surface area (Å²) in [7, 11) is 1.31. The number of ether oxygens (including phenoxy) is 2. The highest BCUT2D eigenvalue weighted by molar-refractivity contribution is 9.10. The number of carbonyl (C=O) groups is 2. The normalized spacial score (nSPS) is 11.4. The van der Waals surface area contributed by atoms with Gasteiger partial charge >= 0.3 is 5.97 Å². The third-order valence-electron chi connectivity index (χ3n) is 5.72. The van der Waals surface area contributed by atoms with E-state index in [1.807, 2.05) is 91.0 Å². The molecule has 0 heterocycles. The van der Waals surface area contributed by atoms with Gasteiger partial charge in [-0.05, 0) is 40.5 Å². The number of methoxy groups -OCH3 is 1. The van der Waals surface area contributed by atoms with Crippen molar-refractivity contribution in [2.24, 2.45) is 0 Å². The van der Waals surface area contributed by atoms with Crippen molar-refractivity contribution in [2.45, 2.75) is 19.1 Å². The largest absolute Gasteiger partial charge is 0.488 e. The molecule has 1 amide bonds. The van der Waals surface area contributed by atoms with E-state index in [0.717, 1.165) is 26.7 Å². The third-order valence-corrected chi connectivity index (χ3v) is 6.21. The molecule has 6 heteroatoms. The standard InChI is InChI=1S/C30H26BrNO4/c1-35-30(34)27(18-21-12-14-24(15-13-21)23-10-6-3-7-11-23)32-29(33)26-19-25(31)16-17-28(26)36-20-22-8-4-2-5-9-22/h2-17,19,27H,18,20H2,1H3,(H,32,33)/t27-/m0/s1. The van der Waals surface area contributed by atoms with Crippen molar-refractivity contribution in [2.75, 3.05) is 7.11 Å². The van der Waals surface area contributed by atoms with E-state index < -0.39 is 17.9 Å². The van der Waals surface area contributed by atoms with Gasteiger partial charge in [0.1, 0.15) is 18.4 Å². The van der Waals surface area contributed by atoms with Crippen molar-refractivity contribution in [3.05, 3.63) is 124 Å². The first kappa shape index (κ1) is 25.2. The quantitative estimate of drug-likeness (QED) is 0.255. The van der Waals surface area contributed by atoms with Crippen LogP contribution in [0.25, 0.3) is 11.1 Å². The summed E-state index contributed by atoms with van der Waals surface area (Å²) in [5.74, 6) is -0.511. The molecule has 4 aromatic rings. The summed E-state index contributed by atoms with van der Waals surface area (Å²) in [4.78, 5) is 25.8. The second-order valence-electron chi connectivity index (χ2n) is 8.23. The van der Waals surface area contributed by atoms with Crippen LogP contribution in [0.1, 0.15) is 21.5 Å². The van der Waals surface area contributed by atoms with Gasteiger partial charge in [-0.1, -0.05) is 101 Å². The first-order chi connectivity index (χ1) is 17.5. The molecule has 0 radical (unpaired) electrons. The van der Waals surface area contributed by atoms with Crippen LogP contribution in [0, 0.1) is 0 Å². The highest BCUT2D eigenvalue weighted by atomic mass is 79.9. The molecule has 0 unspecified atom stereocenters. The van der Waals surface area contributed by atoms with Gasteiger partial charge in [0, 0.05) is 10.9 Å². The fourth-order valence-electron chi connectivity index (χ4n) is 3.81. The Hall–Kier alpha value is -3.90. The average Bonchev–Trinajstić information content (AvgIpc) is 2.93. The molecule has 4 aromatic carbocycles. The number of hydrogen-bond acceptors (Lipinski definition) is 4. The van der Waals surface area contributed by atoms with Crippen LogP contribution in [0.2, 0.25) is 0 Å². The zero-order chi connectivity index (χ0) is 25.3. The molecule has 36 heavy (non-hydrogen) atoms. The predicted molar refractivity (Wildman–Crippen MR) is 144 cm³/mol. The number of benzene rings is 4. The molecule has 0 aliphatic heterocycles. The molecular formula is C30H26BrNO4. The number of halogens is 1. The lowest BCUT2D eigenvalue weighted by molar-refractivity contribution is -0.142. The molecule has 0 aromatic heterocycles. The molecule has 5 nitrogen and oxygen atoms in total. The van der Waals surface area contributed by atoms with Gasteiger partial charge < -0.3 is 14.8 Å². The zero-order valence-corrected chi connectivity index (χ0v) is 21.4. The second-order valence-corrected chi connectivity index (χ2v) is 9.15. The minimum atomic E-state index is -0.856. The fourth-order valence-corrected chi connectivity index (χ4v) is 4.17. The topological polar surface area (TPSA) is 64.6 Å². The SMILES string of the molecule is COC(=O)[C@H](Cc1ccc(-c2ccccc2)cc1)NC(=O)c1cc(Br)ccc1OCc1ccccc1. The smallest absolute Gasteiger partial charge is 0.328 e. The number of hydrogen-bond donors (Lipinski definition) is 1. The van der Waals surface area contributed by atoms with E-state index in [0.29, 0.717) is 24.3 Å². The van der Waals surface area contributed by atoms with Gasteiger partial charge in [-0.2, -0.15) is 0 Å². The summed E-state index contributed by atoms with van der Waals surface area (Å²) >= 11 is 3.42. The summed E-state index contributed by atoms with van der Waals surface area (Å²) in [5, 5.41) is 2.83. The van der Waals surface area contributed by atoms with Gasteiger partial charge in [0.05, 0.1) is 12.7 Å². The van der Waals surface area contributed by atoms with Crippen molar-refractivity contribution in [3.63, 3.8) is 0 Å². The van der Waals surface area contributed by atoms with E-state index in [2.05, 4.69) is 21.2 Å². The van der Waals surface area contributed by atoms with Crippen LogP contribution in [0.4, 0.5) is 0 Å². The lowest BCUT2D eigenvalue weighted by Crippen LogP contribution is -2.43. The van der Waals surface area contributed by atoms with E-state index in [9.17, 15) is 9.59 Å². The molecule has 0 aliphatic rings. The highest BCUT2D eigenvalue weighted by Gasteiger charge is 2.24. The summed E-state index contributed by atoms with van der Waals surface area (Å²) in [5.41, 5.74) is 4.40. The van der Waals surface area contributed by atoms with E-state index >= 15 is 0 Å². The van der Waals surface area contributed by atoms with E-state index in [1.165, 1.54) is 7.11 Å². The van der Waals surface area contributed by atoms with Crippen LogP contribution in [0.15, 0.2) is 108 Å². The molecule has 0 saturated carbocycles. The maximum Gasteiger partial charge on any atom is 0.328 e. The lowest BCUT2D eigenvalue weighted by Gasteiger charge is -2.18. The van der Waals surface area contributed by atoms with Crippen LogP contribution in [-0.4, -0.2) is 25.0 Å². The molecule has 1 N–H and O–H groups in total. The minimum Gasteiger partial charge on any atom is -0.488 e. The number of esters is 1. The summed E-state index contributed by atoms with van der Waals surface area (Å²) < 4.78 is 11.7. The Balaban J connectivity index is 1.49. The summed E-state index contributed by atoms with van der Waals surface area (Å²) in [6, 6.07) is 32.0. The van der Waals surface area contributed by atoms with Gasteiger partial charge in [-0.15, -0.1) is 0 Å². The molecule has 0 spiro atoms. The Labute approximate surface area is 219 Å². The Kier molecular flexibility index (Phi) is 8.53. The van der Waals surface area contributed by atoms with E-state index in [-0.39, 0.29) is 0 Å². The zero-order valence-electron chi connectivity index (χ0n) is 19.8. The minimum absolute atomic E-state index is 0.293. The van der Waals surface area contributed by atoms with Crippen molar-refractivity contribution >= 4 is 27.8 Å². The Morgan fingerprint density at radius 3 is 2.11 bits per heavy atom. The monoisotopic (exact) mass is 543 g/mol. The van der Waals surface area contributed by atoms with Crippen molar-refractivity contribution < 1.29 is 19.1 Å². The predicted octanol–water partition coefficient (Wildman–Crippen LogP) is 6.21. The lowest BCUT2D eigenvalue weighted by atomic mass is 10.0. The molecule has 1 atom stereocenters. The Bertz CT molecular complexity index is 1310. The van der Waals surface area contributed by atoms with Crippen LogP contribution >= 0.6 is 15.9 Å². The van der Waals surface area contributed by atoms with Crippen LogP contribution in [0.3, 0.4) is 0 Å². The molecule has 4 rings (SSSR count). The Morgan fingerprint density at radius 2 is 1.44 bits per heavy atom. The van der Waals surface area contributed by atoms with E-state index in [4.69, 9.17) is 9.47 Å². The molecule has 0 aliphatic carbocycles.